The molecule has 0 radical (unpaired) electrons. The van der Waals surface area contributed by atoms with Crippen molar-refractivity contribution >= 4 is 17.3 Å². The first-order chi connectivity index (χ1) is 10.7. The molecule has 1 aliphatic rings. The zero-order valence-electron chi connectivity index (χ0n) is 12.4. The van der Waals surface area contributed by atoms with E-state index in [1.165, 1.54) is 0 Å². The molecule has 0 saturated carbocycles. The maximum Gasteiger partial charge on any atom is 0.252 e. The van der Waals surface area contributed by atoms with Crippen molar-refractivity contribution in [3.63, 3.8) is 0 Å². The molecule has 1 aromatic carbocycles. The molecule has 0 bridgehead atoms. The van der Waals surface area contributed by atoms with Crippen LogP contribution in [-0.4, -0.2) is 30.0 Å². The zero-order chi connectivity index (χ0) is 15.4. The van der Waals surface area contributed by atoms with Crippen LogP contribution < -0.4 is 16.0 Å². The van der Waals surface area contributed by atoms with E-state index in [0.717, 1.165) is 37.3 Å². The van der Waals surface area contributed by atoms with E-state index in [1.807, 2.05) is 24.3 Å². The third kappa shape index (κ3) is 3.19. The van der Waals surface area contributed by atoms with Crippen LogP contribution in [0.1, 0.15) is 23.2 Å². The average Bonchev–Trinajstić information content (AvgIpc) is 2.56. The zero-order valence-corrected chi connectivity index (χ0v) is 12.4. The van der Waals surface area contributed by atoms with Gasteiger partial charge in [0.05, 0.1) is 11.3 Å². The summed E-state index contributed by atoms with van der Waals surface area (Å²) in [6.07, 6.45) is 5.30. The van der Waals surface area contributed by atoms with Gasteiger partial charge in [-0.05, 0) is 31.0 Å². The number of hydrogen-bond donors (Lipinski definition) is 2. The van der Waals surface area contributed by atoms with E-state index in [9.17, 15) is 4.79 Å². The second-order valence-corrected chi connectivity index (χ2v) is 5.53. The number of rotatable bonds is 4. The molecule has 2 heterocycles. The molecule has 3 N–H and O–H groups in total. The highest BCUT2D eigenvalue weighted by molar-refractivity contribution is 5.98. The van der Waals surface area contributed by atoms with E-state index in [0.29, 0.717) is 11.6 Å². The number of pyridine rings is 1. The molecule has 0 aliphatic carbocycles. The van der Waals surface area contributed by atoms with Crippen LogP contribution in [0, 0.1) is 0 Å². The monoisotopic (exact) mass is 296 g/mol. The van der Waals surface area contributed by atoms with Gasteiger partial charge in [-0.3, -0.25) is 9.78 Å². The molecule has 114 valence electrons. The number of hydrogen-bond acceptors (Lipinski definition) is 4. The van der Waals surface area contributed by atoms with Crippen molar-refractivity contribution in [2.24, 2.45) is 5.73 Å². The van der Waals surface area contributed by atoms with Gasteiger partial charge in [0.1, 0.15) is 0 Å². The van der Waals surface area contributed by atoms with Gasteiger partial charge in [-0.2, -0.15) is 0 Å². The quantitative estimate of drug-likeness (QED) is 0.908. The van der Waals surface area contributed by atoms with E-state index < -0.39 is 5.91 Å². The van der Waals surface area contributed by atoms with Crippen molar-refractivity contribution in [3.05, 3.63) is 54.4 Å². The maximum absolute atomic E-state index is 11.5. The summed E-state index contributed by atoms with van der Waals surface area (Å²) in [5.74, 6) is -0.423. The summed E-state index contributed by atoms with van der Waals surface area (Å²) in [5.41, 5.74) is 7.97. The number of aromatic nitrogens is 1. The Bertz CT molecular complexity index is 636. The van der Waals surface area contributed by atoms with Crippen LogP contribution in [0.3, 0.4) is 0 Å². The molecular formula is C17H20N4O. The first kappa shape index (κ1) is 14.4. The standard InChI is InChI=1S/C17H20N4O/c18-17(22)15-12-19-9-6-16(15)21-10-7-14(8-11-21)20-13-4-2-1-3-5-13/h1-6,9,12,14,20H,7-8,10-11H2,(H2,18,22). The topological polar surface area (TPSA) is 71.2 Å². The number of piperidine rings is 1. The number of nitrogens with zero attached hydrogens (tertiary/aromatic N) is 2. The number of para-hydroxylation sites is 1. The Hall–Kier alpha value is -2.56. The number of primary amides is 1. The van der Waals surface area contributed by atoms with Gasteiger partial charge >= 0.3 is 0 Å². The number of anilines is 2. The molecule has 2 aromatic rings. The fraction of sp³-hybridized carbons (Fsp3) is 0.294. The van der Waals surface area contributed by atoms with Gasteiger partial charge in [0, 0.05) is 37.2 Å². The largest absolute Gasteiger partial charge is 0.382 e. The van der Waals surface area contributed by atoms with Crippen molar-refractivity contribution in [3.8, 4) is 0 Å². The molecule has 0 unspecified atom stereocenters. The van der Waals surface area contributed by atoms with Gasteiger partial charge in [0.15, 0.2) is 0 Å². The summed E-state index contributed by atoms with van der Waals surface area (Å²) < 4.78 is 0. The van der Waals surface area contributed by atoms with Gasteiger partial charge in [-0.1, -0.05) is 18.2 Å². The molecular weight excluding hydrogens is 276 g/mol. The third-order valence-corrected chi connectivity index (χ3v) is 4.04. The Balaban J connectivity index is 1.64. The Morgan fingerprint density at radius 2 is 1.91 bits per heavy atom. The molecule has 0 atom stereocenters. The summed E-state index contributed by atoms with van der Waals surface area (Å²) in [7, 11) is 0. The molecule has 1 saturated heterocycles. The SMILES string of the molecule is NC(=O)c1cnccc1N1CCC(Nc2ccccc2)CC1. The lowest BCUT2D eigenvalue weighted by Crippen LogP contribution is -2.40. The van der Waals surface area contributed by atoms with E-state index >= 15 is 0 Å². The smallest absolute Gasteiger partial charge is 0.252 e. The van der Waals surface area contributed by atoms with Crippen LogP contribution in [0.4, 0.5) is 11.4 Å². The van der Waals surface area contributed by atoms with E-state index in [4.69, 9.17) is 5.73 Å². The number of benzene rings is 1. The second-order valence-electron chi connectivity index (χ2n) is 5.53. The van der Waals surface area contributed by atoms with E-state index in [-0.39, 0.29) is 0 Å². The van der Waals surface area contributed by atoms with Crippen molar-refractivity contribution in [1.82, 2.24) is 4.98 Å². The van der Waals surface area contributed by atoms with Crippen LogP contribution in [0.5, 0.6) is 0 Å². The fourth-order valence-corrected chi connectivity index (χ4v) is 2.89. The highest BCUT2D eigenvalue weighted by atomic mass is 16.1. The Morgan fingerprint density at radius 1 is 1.18 bits per heavy atom. The fourth-order valence-electron chi connectivity index (χ4n) is 2.89. The molecule has 5 nitrogen and oxygen atoms in total. The summed E-state index contributed by atoms with van der Waals surface area (Å²) in [6.45, 7) is 1.80. The summed E-state index contributed by atoms with van der Waals surface area (Å²) in [4.78, 5) is 17.7. The lowest BCUT2D eigenvalue weighted by molar-refractivity contribution is 0.100. The van der Waals surface area contributed by atoms with Crippen molar-refractivity contribution in [1.29, 1.82) is 0 Å². The minimum Gasteiger partial charge on any atom is -0.382 e. The normalized spacial score (nSPS) is 15.5. The molecule has 0 spiro atoms. The van der Waals surface area contributed by atoms with Crippen LogP contribution in [0.25, 0.3) is 0 Å². The number of nitrogens with two attached hydrogens (primary N) is 1. The Morgan fingerprint density at radius 3 is 2.59 bits per heavy atom. The highest BCUT2D eigenvalue weighted by Gasteiger charge is 2.22. The molecule has 1 fully saturated rings. The minimum atomic E-state index is -0.423. The van der Waals surface area contributed by atoms with Crippen molar-refractivity contribution < 1.29 is 4.79 Å². The maximum atomic E-state index is 11.5. The summed E-state index contributed by atoms with van der Waals surface area (Å²) in [5, 5.41) is 3.56. The summed E-state index contributed by atoms with van der Waals surface area (Å²) in [6, 6.07) is 12.6. The van der Waals surface area contributed by atoms with Crippen LogP contribution in [-0.2, 0) is 0 Å². The van der Waals surface area contributed by atoms with Gasteiger partial charge in [0.2, 0.25) is 0 Å². The first-order valence-electron chi connectivity index (χ1n) is 7.54. The molecule has 22 heavy (non-hydrogen) atoms. The minimum absolute atomic E-state index is 0.423. The number of carbonyl (C=O) groups excluding carboxylic acids is 1. The van der Waals surface area contributed by atoms with Crippen molar-refractivity contribution in [2.75, 3.05) is 23.3 Å². The molecule has 3 rings (SSSR count). The lowest BCUT2D eigenvalue weighted by atomic mass is 10.0. The Labute approximate surface area is 130 Å². The van der Waals surface area contributed by atoms with E-state index in [1.54, 1.807) is 12.4 Å². The molecule has 1 aromatic heterocycles. The van der Waals surface area contributed by atoms with Gasteiger partial charge in [-0.25, -0.2) is 0 Å². The van der Waals surface area contributed by atoms with Crippen LogP contribution in [0.15, 0.2) is 48.8 Å². The van der Waals surface area contributed by atoms with Crippen molar-refractivity contribution in [2.45, 2.75) is 18.9 Å². The van der Waals surface area contributed by atoms with Gasteiger partial charge in [0.25, 0.3) is 5.91 Å². The molecule has 5 heteroatoms. The lowest BCUT2D eigenvalue weighted by Gasteiger charge is -2.35. The average molecular weight is 296 g/mol. The van der Waals surface area contributed by atoms with Gasteiger partial charge < -0.3 is 16.0 Å². The predicted octanol–water partition coefficient (Wildman–Crippen LogP) is 2.26. The number of carbonyl (C=O) groups is 1. The van der Waals surface area contributed by atoms with E-state index in [2.05, 4.69) is 27.3 Å². The number of amides is 1. The second kappa shape index (κ2) is 6.47. The number of nitrogens with one attached hydrogen (secondary N) is 1. The third-order valence-electron chi connectivity index (χ3n) is 4.04. The summed E-state index contributed by atoms with van der Waals surface area (Å²) >= 11 is 0. The Kier molecular flexibility index (Phi) is 4.23. The molecule has 1 aliphatic heterocycles. The van der Waals surface area contributed by atoms with Crippen LogP contribution >= 0.6 is 0 Å². The predicted molar refractivity (Wildman–Crippen MR) is 88.1 cm³/mol. The van der Waals surface area contributed by atoms with Crippen LogP contribution in [0.2, 0.25) is 0 Å². The van der Waals surface area contributed by atoms with Gasteiger partial charge in [-0.15, -0.1) is 0 Å². The highest BCUT2D eigenvalue weighted by Crippen LogP contribution is 2.24. The molecule has 1 amide bonds. The first-order valence-corrected chi connectivity index (χ1v) is 7.54.